The van der Waals surface area contributed by atoms with Crippen molar-refractivity contribution in [1.82, 2.24) is 0 Å². The van der Waals surface area contributed by atoms with Crippen LogP contribution in [0.25, 0.3) is 0 Å². The molecule has 0 aromatic heterocycles. The Kier molecular flexibility index (Phi) is 4270. The number of hydrogen-bond donors (Lipinski definition) is 0. The molecular weight excluding hydrogens is 618 g/mol. The van der Waals surface area contributed by atoms with E-state index in [1.807, 2.05) is 0 Å². The molecule has 0 rings (SSSR count). The van der Waals surface area contributed by atoms with E-state index in [1.165, 1.54) is 0 Å². The molecule has 0 atom stereocenters. The Balaban J connectivity index is 0. The Hall–Kier alpha value is 4.16. The first-order valence-corrected chi connectivity index (χ1v) is 0. The van der Waals surface area contributed by atoms with E-state index in [9.17, 15) is 0 Å². The van der Waals surface area contributed by atoms with E-state index in [1.54, 1.807) is 0 Å². The molecule has 0 N–H and O–H groups in total. The second kappa shape index (κ2) is 215. The zero-order chi connectivity index (χ0) is 0. The Morgan fingerprint density at radius 3 is 0.308 bits per heavy atom. The molecule has 0 amide bonds. The van der Waals surface area contributed by atoms with Crippen molar-refractivity contribution < 1.29 is 177 Å². The van der Waals surface area contributed by atoms with Crippen LogP contribution in [0.3, 0.4) is 0 Å². The molecule has 0 bridgehead atoms. The first kappa shape index (κ1) is 259. The standard InChI is InChI=1S/2Co.2La.2Mn.7O/q2*+2;2*+3;2*+2;7*-2. The van der Waals surface area contributed by atoms with Crippen LogP contribution in [-0.4, -0.2) is 0 Å². The van der Waals surface area contributed by atoms with Crippen molar-refractivity contribution in [2.24, 2.45) is 0 Å². The number of hydrogen-bond acceptors (Lipinski definition) is 0. The summed E-state index contributed by atoms with van der Waals surface area (Å²) in [6, 6.07) is 0. The molecule has 0 fully saturated rings. The molecule has 13 heavy (non-hydrogen) atoms. The van der Waals surface area contributed by atoms with Gasteiger partial charge in [0.05, 0.1) is 0 Å². The summed E-state index contributed by atoms with van der Waals surface area (Å²) in [5.41, 5.74) is 0. The largest absolute Gasteiger partial charge is 3.00 e. The molecule has 0 saturated heterocycles. The fraction of sp³-hybridized carbons (Fsp3) is 0. The van der Waals surface area contributed by atoms with Crippen molar-refractivity contribution in [2.45, 2.75) is 0 Å². The first-order chi connectivity index (χ1) is 0. The van der Waals surface area contributed by atoms with E-state index < -0.39 is 0 Å². The Bertz CT molecular complexity index is 22.5. The SMILES string of the molecule is [Co+2].[Co+2].[La+3].[La+3].[Mn+2].[Mn+2].[O-2].[O-2].[O-2].[O-2].[O-2].[O-2].[O-2]. The van der Waals surface area contributed by atoms with Gasteiger partial charge in [0.25, 0.3) is 0 Å². The quantitative estimate of drug-likeness (QED) is 0.306. The minimum Gasteiger partial charge on any atom is -2.00 e. The average Bonchev–Trinajstić information content (AvgIpc) is 0. The Morgan fingerprint density at radius 2 is 0.308 bits per heavy atom. The van der Waals surface area contributed by atoms with Gasteiger partial charge in [-0.05, 0) is 0 Å². The molecule has 0 unspecified atom stereocenters. The van der Waals surface area contributed by atoms with Gasteiger partial charge >= 0.3 is 139 Å². The molecule has 0 spiro atoms. The van der Waals surface area contributed by atoms with Crippen LogP contribution in [0.15, 0.2) is 0 Å². The summed E-state index contributed by atoms with van der Waals surface area (Å²) >= 11 is 0. The van der Waals surface area contributed by atoms with E-state index in [0.717, 1.165) is 0 Å². The van der Waals surface area contributed by atoms with Crippen LogP contribution in [-0.2, 0) is 106 Å². The third kappa shape index (κ3) is 187. The fourth-order valence-electron chi connectivity index (χ4n) is 0. The molecule has 4 radical (unpaired) electrons. The van der Waals surface area contributed by atoms with Crippen LogP contribution in [0.1, 0.15) is 0 Å². The van der Waals surface area contributed by atoms with Crippen LogP contribution < -0.4 is 0 Å². The zero-order valence-electron chi connectivity index (χ0n) is 5.44. The van der Waals surface area contributed by atoms with Crippen molar-refractivity contribution in [3.8, 4) is 0 Å². The smallest absolute Gasteiger partial charge is 2.00 e. The Morgan fingerprint density at radius 1 is 0.308 bits per heavy atom. The fourth-order valence-corrected chi connectivity index (χ4v) is 0. The molecule has 0 aromatic carbocycles. The second-order valence-corrected chi connectivity index (χ2v) is 0. The molecule has 80 valence electrons. The molecule has 0 heterocycles. The maximum atomic E-state index is 0. The maximum Gasteiger partial charge on any atom is 3.00 e. The van der Waals surface area contributed by atoms with E-state index in [4.69, 9.17) is 0 Å². The van der Waals surface area contributed by atoms with Gasteiger partial charge in [-0.3, -0.25) is 0 Å². The van der Waals surface area contributed by atoms with Crippen LogP contribution in [0.5, 0.6) is 0 Å². The van der Waals surface area contributed by atoms with Crippen LogP contribution in [0.4, 0.5) is 0 Å². The predicted octanol–water partition coefficient (Wildman–Crippen LogP) is -0.842. The topological polar surface area (TPSA) is 200 Å². The van der Waals surface area contributed by atoms with Gasteiger partial charge in [0.15, 0.2) is 0 Å². The number of rotatable bonds is 0. The van der Waals surface area contributed by atoms with Gasteiger partial charge in [-0.1, -0.05) is 0 Å². The molecule has 7 nitrogen and oxygen atoms in total. The second-order valence-electron chi connectivity index (χ2n) is 0. The minimum atomic E-state index is 0. The third-order valence-corrected chi connectivity index (χ3v) is 0. The van der Waals surface area contributed by atoms with Gasteiger partial charge < -0.3 is 38.3 Å². The van der Waals surface area contributed by atoms with Gasteiger partial charge in [-0.25, -0.2) is 0 Å². The van der Waals surface area contributed by atoms with Crippen molar-refractivity contribution >= 4 is 0 Å². The first-order valence-electron chi connectivity index (χ1n) is 0. The van der Waals surface area contributed by atoms with Crippen molar-refractivity contribution in [3.05, 3.63) is 0 Å². The third-order valence-electron chi connectivity index (χ3n) is 0. The predicted molar refractivity (Wildman–Crippen MR) is 4.81 cm³/mol. The summed E-state index contributed by atoms with van der Waals surface area (Å²) < 4.78 is 0. The molecule has 0 aliphatic rings. The summed E-state index contributed by atoms with van der Waals surface area (Å²) in [4.78, 5) is 0. The van der Waals surface area contributed by atoms with Gasteiger partial charge in [0.1, 0.15) is 0 Å². The van der Waals surface area contributed by atoms with Crippen molar-refractivity contribution in [1.29, 1.82) is 0 Å². The normalized spacial score (nSPS) is 0. The van der Waals surface area contributed by atoms with Crippen LogP contribution >= 0.6 is 0 Å². The molecular formula is Co2La2Mn2O7. The van der Waals surface area contributed by atoms with E-state index in [2.05, 4.69) is 0 Å². The molecule has 0 aliphatic heterocycles. The summed E-state index contributed by atoms with van der Waals surface area (Å²) in [7, 11) is 0. The van der Waals surface area contributed by atoms with Crippen molar-refractivity contribution in [2.75, 3.05) is 0 Å². The summed E-state index contributed by atoms with van der Waals surface area (Å²) in [5, 5.41) is 0. The van der Waals surface area contributed by atoms with Gasteiger partial charge in [-0.2, -0.15) is 0 Å². The Labute approximate surface area is 174 Å². The van der Waals surface area contributed by atoms with E-state index in [0.29, 0.717) is 0 Å². The van der Waals surface area contributed by atoms with Gasteiger partial charge in [-0.15, -0.1) is 0 Å². The van der Waals surface area contributed by atoms with E-state index >= 15 is 0 Å². The summed E-state index contributed by atoms with van der Waals surface area (Å²) in [6.07, 6.45) is 0. The van der Waals surface area contributed by atoms with Gasteiger partial charge in [0.2, 0.25) is 0 Å². The maximum absolute atomic E-state index is 0. The minimum absolute atomic E-state index is 0. The van der Waals surface area contributed by atoms with Crippen molar-refractivity contribution in [3.63, 3.8) is 0 Å². The average molecular weight is 618 g/mol. The zero-order valence-corrected chi connectivity index (χ0v) is 17.1. The monoisotopic (exact) mass is 618 g/mol. The van der Waals surface area contributed by atoms with Crippen LogP contribution in [0, 0.1) is 71.2 Å². The molecule has 0 aromatic rings. The molecule has 13 heteroatoms. The van der Waals surface area contributed by atoms with Gasteiger partial charge in [0, 0.05) is 0 Å². The molecule has 0 saturated carbocycles. The summed E-state index contributed by atoms with van der Waals surface area (Å²) in [5.74, 6) is 0. The molecule has 0 aliphatic carbocycles. The van der Waals surface area contributed by atoms with E-state index in [-0.39, 0.29) is 177 Å². The van der Waals surface area contributed by atoms with Crippen LogP contribution in [0.2, 0.25) is 0 Å². The summed E-state index contributed by atoms with van der Waals surface area (Å²) in [6.45, 7) is 0.